The number of hydrogen-bond acceptors (Lipinski definition) is 3. The van der Waals surface area contributed by atoms with Crippen LogP contribution in [0.2, 0.25) is 0 Å². The number of benzene rings is 1. The highest BCUT2D eigenvalue weighted by Gasteiger charge is 2.31. The van der Waals surface area contributed by atoms with Crippen LogP contribution in [-0.2, 0) is 11.2 Å². The molecule has 0 spiro atoms. The summed E-state index contributed by atoms with van der Waals surface area (Å²) >= 11 is 1.68. The molecule has 3 nitrogen and oxygen atoms in total. The van der Waals surface area contributed by atoms with Gasteiger partial charge >= 0.3 is 0 Å². The van der Waals surface area contributed by atoms with Crippen LogP contribution in [0.3, 0.4) is 0 Å². The van der Waals surface area contributed by atoms with Crippen LogP contribution in [0.25, 0.3) is 0 Å². The van der Waals surface area contributed by atoms with Crippen LogP contribution in [0.15, 0.2) is 24.3 Å². The van der Waals surface area contributed by atoms with Crippen molar-refractivity contribution in [3.05, 3.63) is 35.4 Å². The quantitative estimate of drug-likeness (QED) is 0.802. The smallest absolute Gasteiger partial charge is 0.255 e. The molecular formula is C18H27NO2S. The molecule has 0 bridgehead atoms. The first-order valence-electron chi connectivity index (χ1n) is 8.21. The summed E-state index contributed by atoms with van der Waals surface area (Å²) in [5.74, 6) is 1.27. The number of carbonyl (C=O) groups excluding carboxylic acids is 1. The van der Waals surface area contributed by atoms with Gasteiger partial charge in [-0.2, -0.15) is 0 Å². The third-order valence-corrected chi connectivity index (χ3v) is 5.48. The van der Waals surface area contributed by atoms with Crippen LogP contribution >= 0.6 is 11.8 Å². The van der Waals surface area contributed by atoms with Crippen molar-refractivity contribution in [3.63, 3.8) is 0 Å². The lowest BCUT2D eigenvalue weighted by Crippen LogP contribution is -2.42. The molecule has 22 heavy (non-hydrogen) atoms. The van der Waals surface area contributed by atoms with Crippen molar-refractivity contribution >= 4 is 17.7 Å². The molecule has 4 heteroatoms. The molecule has 1 N–H and O–H groups in total. The molecule has 2 unspecified atom stereocenters. The van der Waals surface area contributed by atoms with E-state index in [0.717, 1.165) is 24.3 Å². The van der Waals surface area contributed by atoms with Gasteiger partial charge in [-0.3, -0.25) is 10.0 Å². The molecule has 0 aromatic heterocycles. The maximum atomic E-state index is 11.5. The largest absolute Gasteiger partial charge is 0.286 e. The Kier molecular flexibility index (Phi) is 6.33. The number of hydroxylamine groups is 2. The van der Waals surface area contributed by atoms with Gasteiger partial charge < -0.3 is 0 Å². The predicted octanol–water partition coefficient (Wildman–Crippen LogP) is 4.10. The first-order chi connectivity index (χ1) is 10.5. The van der Waals surface area contributed by atoms with E-state index in [2.05, 4.69) is 45.0 Å². The maximum Gasteiger partial charge on any atom is 0.255 e. The third kappa shape index (κ3) is 4.50. The lowest BCUT2D eigenvalue weighted by Gasteiger charge is -2.33. The zero-order valence-corrected chi connectivity index (χ0v) is 14.6. The van der Waals surface area contributed by atoms with Gasteiger partial charge in [0.15, 0.2) is 0 Å². The number of carbonyl (C=O) groups is 1. The van der Waals surface area contributed by atoms with Crippen LogP contribution in [0, 0.1) is 5.92 Å². The zero-order valence-electron chi connectivity index (χ0n) is 13.8. The van der Waals surface area contributed by atoms with E-state index in [1.807, 2.05) is 0 Å². The van der Waals surface area contributed by atoms with E-state index in [4.69, 9.17) is 0 Å². The summed E-state index contributed by atoms with van der Waals surface area (Å²) in [5.41, 5.74) is 2.71. The molecular weight excluding hydrogens is 294 g/mol. The fourth-order valence-electron chi connectivity index (χ4n) is 3.07. The van der Waals surface area contributed by atoms with Gasteiger partial charge in [0.2, 0.25) is 0 Å². The average molecular weight is 321 g/mol. The van der Waals surface area contributed by atoms with Gasteiger partial charge in [-0.25, -0.2) is 5.06 Å². The summed E-state index contributed by atoms with van der Waals surface area (Å²) in [4.78, 5) is 11.5. The summed E-state index contributed by atoms with van der Waals surface area (Å²) in [6.45, 7) is 7.09. The van der Waals surface area contributed by atoms with E-state index in [0.29, 0.717) is 24.1 Å². The van der Waals surface area contributed by atoms with Crippen molar-refractivity contribution in [1.82, 2.24) is 5.06 Å². The Balaban J connectivity index is 2.11. The minimum atomic E-state index is -0.177. The zero-order chi connectivity index (χ0) is 16.1. The van der Waals surface area contributed by atoms with Crippen LogP contribution in [0.4, 0.5) is 0 Å². The predicted molar refractivity (Wildman–Crippen MR) is 92.4 cm³/mol. The molecule has 0 saturated carbocycles. The van der Waals surface area contributed by atoms with Gasteiger partial charge in [0.05, 0.1) is 12.3 Å². The normalized spacial score (nSPS) is 20.5. The lowest BCUT2D eigenvalue weighted by molar-refractivity contribution is -0.163. The fraction of sp³-hybridized carbons (Fsp3) is 0.611. The number of nitrogens with zero attached hydrogens (tertiary/aromatic N) is 1. The van der Waals surface area contributed by atoms with E-state index in [1.165, 1.54) is 11.1 Å². The Bertz CT molecular complexity index is 486. The number of rotatable bonds is 6. The third-order valence-electron chi connectivity index (χ3n) is 4.16. The summed E-state index contributed by atoms with van der Waals surface area (Å²) in [7, 11) is 0. The summed E-state index contributed by atoms with van der Waals surface area (Å²) < 4.78 is 0. The van der Waals surface area contributed by atoms with E-state index in [9.17, 15) is 10.0 Å². The molecule has 2 atom stereocenters. The molecule has 1 aliphatic rings. The van der Waals surface area contributed by atoms with Gasteiger partial charge in [0, 0.05) is 5.25 Å². The molecule has 1 aliphatic heterocycles. The van der Waals surface area contributed by atoms with Gasteiger partial charge in [0.25, 0.3) is 5.91 Å². The Morgan fingerprint density at radius 2 is 2.00 bits per heavy atom. The Morgan fingerprint density at radius 3 is 2.55 bits per heavy atom. The standard InChI is InChI=1S/C18H27NO2S/c1-4-5-16(17-11-19(21)18(20)12-22-17)15-8-6-14(7-9-15)10-13(2)3/h6-9,13,16-17,21H,4-5,10-12H2,1-3H3. The van der Waals surface area contributed by atoms with Crippen LogP contribution < -0.4 is 0 Å². The van der Waals surface area contributed by atoms with Crippen LogP contribution in [0.1, 0.15) is 50.7 Å². The molecule has 1 amide bonds. The molecule has 1 aromatic rings. The average Bonchev–Trinajstić information content (AvgIpc) is 2.48. The fourth-order valence-corrected chi connectivity index (χ4v) is 4.35. The Morgan fingerprint density at radius 1 is 1.32 bits per heavy atom. The lowest BCUT2D eigenvalue weighted by atomic mass is 9.89. The summed E-state index contributed by atoms with van der Waals surface area (Å²) in [6.07, 6.45) is 3.30. The molecule has 2 rings (SSSR count). The molecule has 1 fully saturated rings. The molecule has 1 heterocycles. The Hall–Kier alpha value is -1.000. The van der Waals surface area contributed by atoms with E-state index in [1.54, 1.807) is 11.8 Å². The maximum absolute atomic E-state index is 11.5. The van der Waals surface area contributed by atoms with Crippen molar-refractivity contribution < 1.29 is 10.0 Å². The van der Waals surface area contributed by atoms with Crippen molar-refractivity contribution in [1.29, 1.82) is 0 Å². The van der Waals surface area contributed by atoms with Crippen molar-refractivity contribution in [3.8, 4) is 0 Å². The second-order valence-corrected chi connectivity index (χ2v) is 7.79. The van der Waals surface area contributed by atoms with Crippen molar-refractivity contribution in [2.24, 2.45) is 5.92 Å². The van der Waals surface area contributed by atoms with Gasteiger partial charge in [-0.1, -0.05) is 51.5 Å². The molecule has 1 saturated heterocycles. The molecule has 122 valence electrons. The van der Waals surface area contributed by atoms with Crippen molar-refractivity contribution in [2.75, 3.05) is 12.3 Å². The molecule has 0 radical (unpaired) electrons. The monoisotopic (exact) mass is 321 g/mol. The summed E-state index contributed by atoms with van der Waals surface area (Å²) in [5, 5.41) is 10.9. The highest BCUT2D eigenvalue weighted by atomic mass is 32.2. The highest BCUT2D eigenvalue weighted by Crippen LogP contribution is 2.35. The minimum absolute atomic E-state index is 0.177. The number of thioether (sulfide) groups is 1. The van der Waals surface area contributed by atoms with Crippen molar-refractivity contribution in [2.45, 2.75) is 51.2 Å². The van der Waals surface area contributed by atoms with Crippen LogP contribution in [-0.4, -0.2) is 33.7 Å². The van der Waals surface area contributed by atoms with Gasteiger partial charge in [-0.05, 0) is 35.8 Å². The topological polar surface area (TPSA) is 40.5 Å². The van der Waals surface area contributed by atoms with E-state index in [-0.39, 0.29) is 11.2 Å². The first-order valence-corrected chi connectivity index (χ1v) is 9.25. The second kappa shape index (κ2) is 8.02. The first kappa shape index (κ1) is 17.4. The highest BCUT2D eigenvalue weighted by molar-refractivity contribution is 8.00. The number of amides is 1. The summed E-state index contributed by atoms with van der Waals surface area (Å²) in [6, 6.07) is 8.92. The van der Waals surface area contributed by atoms with E-state index >= 15 is 0 Å². The Labute approximate surface area is 138 Å². The minimum Gasteiger partial charge on any atom is -0.286 e. The SMILES string of the molecule is CCCC(c1ccc(CC(C)C)cc1)C1CN(O)C(=O)CS1. The van der Waals surface area contributed by atoms with Crippen LogP contribution in [0.5, 0.6) is 0 Å². The molecule has 1 aromatic carbocycles. The van der Waals surface area contributed by atoms with Gasteiger partial charge in [0.1, 0.15) is 0 Å². The van der Waals surface area contributed by atoms with E-state index < -0.39 is 0 Å². The second-order valence-electron chi connectivity index (χ2n) is 6.56. The number of hydrogen-bond donors (Lipinski definition) is 1. The van der Waals surface area contributed by atoms with Gasteiger partial charge in [-0.15, -0.1) is 11.8 Å². The molecule has 0 aliphatic carbocycles.